The molecule has 0 radical (unpaired) electrons. The SMILES string of the molecule is CC(C)(O)CNC(=O)c1ccc(C(C)(C)C)cc1. The lowest BCUT2D eigenvalue weighted by atomic mass is 9.87. The van der Waals surface area contributed by atoms with Gasteiger partial charge < -0.3 is 10.4 Å². The van der Waals surface area contributed by atoms with Crippen LogP contribution in [-0.4, -0.2) is 23.2 Å². The summed E-state index contributed by atoms with van der Waals surface area (Å²) in [5, 5.41) is 12.3. The average Bonchev–Trinajstić information content (AvgIpc) is 2.24. The second kappa shape index (κ2) is 5.11. The Morgan fingerprint density at radius 2 is 1.61 bits per heavy atom. The third-order valence-electron chi connectivity index (χ3n) is 2.69. The molecule has 2 N–H and O–H groups in total. The Morgan fingerprint density at radius 3 is 2.00 bits per heavy atom. The first-order valence-electron chi connectivity index (χ1n) is 6.21. The van der Waals surface area contributed by atoms with Gasteiger partial charge in [0.1, 0.15) is 0 Å². The first-order chi connectivity index (χ1) is 8.09. The quantitative estimate of drug-likeness (QED) is 0.864. The van der Waals surface area contributed by atoms with Crippen LogP contribution in [0.2, 0.25) is 0 Å². The number of aliphatic hydroxyl groups is 1. The molecule has 1 aromatic rings. The lowest BCUT2D eigenvalue weighted by Gasteiger charge is -2.20. The number of hydrogen-bond donors (Lipinski definition) is 2. The highest BCUT2D eigenvalue weighted by Crippen LogP contribution is 2.22. The Bertz CT molecular complexity index is 408. The first kappa shape index (κ1) is 14.7. The molecule has 100 valence electrons. The van der Waals surface area contributed by atoms with Gasteiger partial charge in [-0.25, -0.2) is 0 Å². The van der Waals surface area contributed by atoms with E-state index < -0.39 is 5.60 Å². The van der Waals surface area contributed by atoms with E-state index in [4.69, 9.17) is 0 Å². The second-order valence-electron chi connectivity index (χ2n) is 6.32. The molecule has 3 nitrogen and oxygen atoms in total. The molecule has 0 heterocycles. The van der Waals surface area contributed by atoms with Crippen molar-refractivity contribution in [2.45, 2.75) is 45.6 Å². The maximum absolute atomic E-state index is 11.8. The Kier molecular flexibility index (Phi) is 4.17. The summed E-state index contributed by atoms with van der Waals surface area (Å²) in [6, 6.07) is 7.58. The zero-order chi connectivity index (χ0) is 14.0. The van der Waals surface area contributed by atoms with Crippen molar-refractivity contribution in [1.29, 1.82) is 0 Å². The normalized spacial score (nSPS) is 12.3. The van der Waals surface area contributed by atoms with Crippen molar-refractivity contribution in [1.82, 2.24) is 5.32 Å². The monoisotopic (exact) mass is 249 g/mol. The second-order valence-corrected chi connectivity index (χ2v) is 6.32. The minimum atomic E-state index is -0.888. The minimum Gasteiger partial charge on any atom is -0.389 e. The maximum atomic E-state index is 11.8. The third kappa shape index (κ3) is 4.49. The molecular weight excluding hydrogens is 226 g/mol. The van der Waals surface area contributed by atoms with Gasteiger partial charge in [-0.1, -0.05) is 32.9 Å². The van der Waals surface area contributed by atoms with E-state index in [0.717, 1.165) is 0 Å². The molecule has 0 aliphatic rings. The van der Waals surface area contributed by atoms with Gasteiger partial charge in [0, 0.05) is 12.1 Å². The number of carbonyl (C=O) groups is 1. The predicted molar refractivity (Wildman–Crippen MR) is 73.8 cm³/mol. The molecule has 0 aliphatic carbocycles. The maximum Gasteiger partial charge on any atom is 0.251 e. The van der Waals surface area contributed by atoms with Gasteiger partial charge in [-0.3, -0.25) is 4.79 Å². The van der Waals surface area contributed by atoms with E-state index in [1.807, 2.05) is 24.3 Å². The Balaban J connectivity index is 2.71. The minimum absolute atomic E-state index is 0.0854. The van der Waals surface area contributed by atoms with Gasteiger partial charge in [0.25, 0.3) is 5.91 Å². The fourth-order valence-corrected chi connectivity index (χ4v) is 1.52. The van der Waals surface area contributed by atoms with Crippen LogP contribution in [0.4, 0.5) is 0 Å². The highest BCUT2D eigenvalue weighted by Gasteiger charge is 2.16. The van der Waals surface area contributed by atoms with Crippen molar-refractivity contribution in [3.05, 3.63) is 35.4 Å². The van der Waals surface area contributed by atoms with Crippen molar-refractivity contribution >= 4 is 5.91 Å². The topological polar surface area (TPSA) is 49.3 Å². The smallest absolute Gasteiger partial charge is 0.251 e. The molecule has 1 rings (SSSR count). The van der Waals surface area contributed by atoms with Gasteiger partial charge in [0.2, 0.25) is 0 Å². The zero-order valence-electron chi connectivity index (χ0n) is 11.9. The summed E-state index contributed by atoms with van der Waals surface area (Å²) >= 11 is 0. The summed E-state index contributed by atoms with van der Waals surface area (Å²) in [5.41, 5.74) is 1.01. The lowest BCUT2D eigenvalue weighted by molar-refractivity contribution is 0.0694. The zero-order valence-corrected chi connectivity index (χ0v) is 11.9. The van der Waals surface area contributed by atoms with Crippen LogP contribution in [0.25, 0.3) is 0 Å². The third-order valence-corrected chi connectivity index (χ3v) is 2.69. The Hall–Kier alpha value is -1.35. The molecule has 0 aliphatic heterocycles. The molecular formula is C15H23NO2. The Labute approximate surface area is 109 Å². The molecule has 0 aromatic heterocycles. The molecule has 0 bridgehead atoms. The summed E-state index contributed by atoms with van der Waals surface area (Å²) < 4.78 is 0. The molecule has 1 aromatic carbocycles. The van der Waals surface area contributed by atoms with Crippen LogP contribution in [0.3, 0.4) is 0 Å². The Morgan fingerprint density at radius 1 is 1.11 bits per heavy atom. The summed E-state index contributed by atoms with van der Waals surface area (Å²) in [4.78, 5) is 11.8. The summed E-state index contributed by atoms with van der Waals surface area (Å²) in [6.07, 6.45) is 0. The van der Waals surface area contributed by atoms with Crippen LogP contribution in [0, 0.1) is 0 Å². The number of rotatable bonds is 3. The summed E-state index contributed by atoms with van der Waals surface area (Å²) in [6.45, 7) is 9.97. The molecule has 0 saturated heterocycles. The molecule has 0 fully saturated rings. The number of nitrogens with one attached hydrogen (secondary N) is 1. The predicted octanol–water partition coefficient (Wildman–Crippen LogP) is 2.48. The van der Waals surface area contributed by atoms with E-state index >= 15 is 0 Å². The van der Waals surface area contributed by atoms with Gasteiger partial charge in [-0.15, -0.1) is 0 Å². The van der Waals surface area contributed by atoms with Crippen LogP contribution in [-0.2, 0) is 5.41 Å². The van der Waals surface area contributed by atoms with Crippen molar-refractivity contribution in [2.24, 2.45) is 0 Å². The van der Waals surface area contributed by atoms with Crippen molar-refractivity contribution in [2.75, 3.05) is 6.54 Å². The van der Waals surface area contributed by atoms with E-state index in [9.17, 15) is 9.90 Å². The molecule has 1 amide bonds. The van der Waals surface area contributed by atoms with Gasteiger partial charge in [0.15, 0.2) is 0 Å². The summed E-state index contributed by atoms with van der Waals surface area (Å²) in [7, 11) is 0. The van der Waals surface area contributed by atoms with Crippen molar-refractivity contribution in [3.8, 4) is 0 Å². The summed E-state index contributed by atoms with van der Waals surface area (Å²) in [5.74, 6) is -0.155. The fourth-order valence-electron chi connectivity index (χ4n) is 1.52. The van der Waals surface area contributed by atoms with Crippen LogP contribution in [0.5, 0.6) is 0 Å². The molecule has 0 unspecified atom stereocenters. The first-order valence-corrected chi connectivity index (χ1v) is 6.21. The van der Waals surface area contributed by atoms with Crippen LogP contribution in [0.15, 0.2) is 24.3 Å². The lowest BCUT2D eigenvalue weighted by Crippen LogP contribution is -2.38. The van der Waals surface area contributed by atoms with E-state index in [1.165, 1.54) is 5.56 Å². The van der Waals surface area contributed by atoms with Crippen molar-refractivity contribution < 1.29 is 9.90 Å². The van der Waals surface area contributed by atoms with Crippen molar-refractivity contribution in [3.63, 3.8) is 0 Å². The number of hydrogen-bond acceptors (Lipinski definition) is 2. The van der Waals surface area contributed by atoms with Gasteiger partial charge >= 0.3 is 0 Å². The van der Waals surface area contributed by atoms with Crippen LogP contribution in [0.1, 0.15) is 50.5 Å². The van der Waals surface area contributed by atoms with E-state index in [-0.39, 0.29) is 17.9 Å². The van der Waals surface area contributed by atoms with Crippen LogP contribution < -0.4 is 5.32 Å². The molecule has 0 saturated carbocycles. The number of amides is 1. The molecule has 0 atom stereocenters. The highest BCUT2D eigenvalue weighted by molar-refractivity contribution is 5.94. The standard InChI is InChI=1S/C15H23NO2/c1-14(2,3)12-8-6-11(7-9-12)13(17)16-10-15(4,5)18/h6-9,18H,10H2,1-5H3,(H,16,17). The van der Waals surface area contributed by atoms with Gasteiger partial charge in [-0.05, 0) is 37.0 Å². The molecule has 18 heavy (non-hydrogen) atoms. The number of carbonyl (C=O) groups excluding carboxylic acids is 1. The largest absolute Gasteiger partial charge is 0.389 e. The van der Waals surface area contributed by atoms with E-state index in [2.05, 4.69) is 26.1 Å². The average molecular weight is 249 g/mol. The highest BCUT2D eigenvalue weighted by atomic mass is 16.3. The van der Waals surface area contributed by atoms with Gasteiger partial charge in [0.05, 0.1) is 5.60 Å². The molecule has 0 spiro atoms. The molecule has 3 heteroatoms. The fraction of sp³-hybridized carbons (Fsp3) is 0.533. The van der Waals surface area contributed by atoms with E-state index in [0.29, 0.717) is 5.56 Å². The van der Waals surface area contributed by atoms with E-state index in [1.54, 1.807) is 13.8 Å². The number of benzene rings is 1. The van der Waals surface area contributed by atoms with Crippen LogP contribution >= 0.6 is 0 Å². The van der Waals surface area contributed by atoms with Gasteiger partial charge in [-0.2, -0.15) is 0 Å².